The predicted molar refractivity (Wildman–Crippen MR) is 269 cm³/mol. The van der Waals surface area contributed by atoms with E-state index in [4.69, 9.17) is 16.6 Å². The van der Waals surface area contributed by atoms with E-state index >= 15 is 0 Å². The van der Waals surface area contributed by atoms with Gasteiger partial charge in [0.05, 0.1) is 32.0 Å². The molecule has 2 saturated heterocycles. The van der Waals surface area contributed by atoms with Crippen LogP contribution in [0.1, 0.15) is 41.5 Å². The maximum atomic E-state index is 12.3. The number of allylic oxidation sites excluding steroid dienone is 10. The van der Waals surface area contributed by atoms with Gasteiger partial charge in [-0.05, 0) is 51.0 Å². The number of β-amino-alcohol motifs (C(OH)–C–C–N with tert-alkyl or cyclic N) is 2. The molecule has 0 spiro atoms. The van der Waals surface area contributed by atoms with Crippen LogP contribution in [0.5, 0.6) is 0 Å². The summed E-state index contributed by atoms with van der Waals surface area (Å²) in [4.78, 5) is 32.0. The lowest BCUT2D eigenvalue weighted by Gasteiger charge is -2.35. The number of hydrogen-bond donors (Lipinski definition) is 10. The van der Waals surface area contributed by atoms with Crippen molar-refractivity contribution in [2.45, 2.75) is 53.8 Å². The number of nitrogens with zero attached hydrogens (tertiary/aromatic N) is 10. The van der Waals surface area contributed by atoms with E-state index in [0.29, 0.717) is 63.7 Å². The molecule has 0 aromatic carbocycles. The van der Waals surface area contributed by atoms with Gasteiger partial charge in [-0.2, -0.15) is 31.8 Å². The van der Waals surface area contributed by atoms with Crippen molar-refractivity contribution in [3.8, 4) is 0 Å². The number of aliphatic hydroxyl groups is 4. The molecule has 0 amide bonds. The molecule has 0 bridgehead atoms. The van der Waals surface area contributed by atoms with Gasteiger partial charge in [-0.1, -0.05) is 56.9 Å². The molecule has 68 heavy (non-hydrogen) atoms. The number of nitrogens with two attached hydrogens (primary N) is 2. The normalized spacial score (nSPS) is 17.8. The summed E-state index contributed by atoms with van der Waals surface area (Å²) in [5.74, 6) is 1.38. The van der Waals surface area contributed by atoms with E-state index in [1.165, 1.54) is 36.5 Å². The lowest BCUT2D eigenvalue weighted by molar-refractivity contribution is 0.146. The Hall–Kier alpha value is -5.42. The van der Waals surface area contributed by atoms with E-state index in [1.807, 2.05) is 23.6 Å². The quantitative estimate of drug-likeness (QED) is 0.0364. The molecule has 0 aliphatic carbocycles. The fraction of sp³-hybridized carbons (Fsp3) is 0.524. The molecule has 382 valence electrons. The number of piperazine rings is 2. The molecule has 2 aliphatic heterocycles. The highest BCUT2D eigenvalue weighted by Crippen LogP contribution is 2.21. The third kappa shape index (κ3) is 23.5. The molecule has 0 saturated carbocycles. The Morgan fingerprint density at radius 1 is 0.794 bits per heavy atom. The van der Waals surface area contributed by atoms with Crippen LogP contribution in [0.3, 0.4) is 0 Å². The van der Waals surface area contributed by atoms with E-state index in [2.05, 4.69) is 56.9 Å². The van der Waals surface area contributed by atoms with Gasteiger partial charge in [-0.3, -0.25) is 29.2 Å². The van der Waals surface area contributed by atoms with Crippen molar-refractivity contribution in [2.24, 2.45) is 20.7 Å². The van der Waals surface area contributed by atoms with Gasteiger partial charge in [-0.15, -0.1) is 0 Å². The van der Waals surface area contributed by atoms with E-state index < -0.39 is 42.3 Å². The number of aromatic nitrogens is 3. The van der Waals surface area contributed by atoms with Crippen molar-refractivity contribution in [1.29, 1.82) is 0 Å². The fourth-order valence-electron chi connectivity index (χ4n) is 5.97. The average Bonchev–Trinajstić information content (AvgIpc) is 3.28. The number of nitrogen functional groups attached to an aromatic ring is 1. The molecule has 12 N–H and O–H groups in total. The summed E-state index contributed by atoms with van der Waals surface area (Å²) in [6.45, 7) is 21.4. The zero-order chi connectivity index (χ0) is 51.3. The third-order valence-electron chi connectivity index (χ3n) is 9.13. The molecule has 0 radical (unpaired) electrons. The molecule has 24 nitrogen and oxygen atoms in total. The highest BCUT2D eigenvalue weighted by atomic mass is 32.2. The summed E-state index contributed by atoms with van der Waals surface area (Å²) in [6.07, 6.45) is 11.2. The highest BCUT2D eigenvalue weighted by molar-refractivity contribution is 7.90. The molecule has 2 unspecified atom stereocenters. The van der Waals surface area contributed by atoms with Crippen LogP contribution in [0, 0.1) is 0 Å². The second-order valence-electron chi connectivity index (χ2n) is 14.5. The van der Waals surface area contributed by atoms with Crippen molar-refractivity contribution < 1.29 is 46.4 Å². The standard InChI is InChI=1S/C28H43N7O8S2.C12H23N7O2.C2H6/c1-5-8-23(25(7-3)44(38,39)40)10-11-24(9-6-2)26(45(41,42)43)12-13-30-21-32-28(33-27(29)31-20-22(4)37)35-16-14-34(15-17-35)18-19-36;1-9(21)8-14-11-15-10(13)16-12(17-11)19-4-2-18(3-5-19)6-7-20;1-2/h5-13,21-22,36-37H,3,14-20H2,1-2,4H3,(H,38,39,40)(H,41,42,43)(H3,29,30,31,32,33);9,20-21H,2-8H2,1H3,(H3,13,14,15,16,17);1-2H3/b8-5-,9-6-,11-10+,13-12+,25-23-,26-24-;;. The molecule has 3 rings (SSSR count). The molecular weight excluding hydrogens is 925 g/mol. The predicted octanol–water partition coefficient (Wildman–Crippen LogP) is 0.345. The second kappa shape index (κ2) is 32.4. The Balaban J connectivity index is 0.000000830. The van der Waals surface area contributed by atoms with E-state index in [1.54, 1.807) is 27.7 Å². The Kier molecular flexibility index (Phi) is 28.8. The minimum Gasteiger partial charge on any atom is -0.395 e. The monoisotopic (exact) mass is 996 g/mol. The third-order valence-corrected chi connectivity index (χ3v) is 11.0. The number of guanidine groups is 2. The van der Waals surface area contributed by atoms with Crippen LogP contribution >= 0.6 is 0 Å². The Morgan fingerprint density at radius 3 is 1.79 bits per heavy atom. The summed E-state index contributed by atoms with van der Waals surface area (Å²) in [5, 5.41) is 42.7. The molecule has 2 aliphatic rings. The van der Waals surface area contributed by atoms with Gasteiger partial charge in [0.1, 0.15) is 16.1 Å². The first kappa shape index (κ1) is 60.6. The van der Waals surface area contributed by atoms with Crippen LogP contribution < -0.4 is 27.0 Å². The summed E-state index contributed by atoms with van der Waals surface area (Å²) in [7, 11) is -9.43. The van der Waals surface area contributed by atoms with Crippen molar-refractivity contribution >= 4 is 56.3 Å². The van der Waals surface area contributed by atoms with Crippen LogP contribution in [0.15, 0.2) is 97.3 Å². The van der Waals surface area contributed by atoms with Gasteiger partial charge in [-0.25, -0.2) is 9.98 Å². The first-order valence-electron chi connectivity index (χ1n) is 21.9. The maximum absolute atomic E-state index is 12.3. The van der Waals surface area contributed by atoms with E-state index in [9.17, 15) is 41.3 Å². The molecule has 1 aromatic rings. The number of anilines is 3. The highest BCUT2D eigenvalue weighted by Gasteiger charge is 2.22. The van der Waals surface area contributed by atoms with Crippen LogP contribution in [0.25, 0.3) is 0 Å². The number of aliphatic imine (C=N–C) groups is 3. The SMILES string of the molecule is C=C/C(=C(\C=C/C)/C=C/C(/C=C\C)=C(/C=C/N=CN=C(NC(N)=NCC(C)O)N1CCN(CCO)CC1)S(=O)(=O)O)S(=O)(=O)O.CC.CC(O)CNc1nc(N)nc(N2CCN(CCO)CC2)n1. The zero-order valence-corrected chi connectivity index (χ0v) is 41.4. The Bertz CT molecular complexity index is 2210. The van der Waals surface area contributed by atoms with Gasteiger partial charge in [0, 0.05) is 78.2 Å². The van der Waals surface area contributed by atoms with Crippen LogP contribution in [-0.4, -0.2) is 198 Å². The van der Waals surface area contributed by atoms with Crippen molar-refractivity contribution in [3.63, 3.8) is 0 Å². The first-order chi connectivity index (χ1) is 32.2. The van der Waals surface area contributed by atoms with Crippen LogP contribution in [0.2, 0.25) is 0 Å². The average molecular weight is 997 g/mol. The van der Waals surface area contributed by atoms with Crippen molar-refractivity contribution in [3.05, 3.63) is 82.3 Å². The lowest BCUT2D eigenvalue weighted by atomic mass is 10.1. The van der Waals surface area contributed by atoms with Crippen LogP contribution in [-0.2, 0) is 20.2 Å². The summed E-state index contributed by atoms with van der Waals surface area (Å²) in [6, 6.07) is 0. The van der Waals surface area contributed by atoms with Crippen molar-refractivity contribution in [1.82, 2.24) is 35.0 Å². The molecule has 2 atom stereocenters. The topological polar surface area (TPSA) is 354 Å². The van der Waals surface area contributed by atoms with Gasteiger partial charge < -0.3 is 47.0 Å². The summed E-state index contributed by atoms with van der Waals surface area (Å²) in [5.41, 5.74) is 11.6. The Morgan fingerprint density at radius 2 is 1.32 bits per heavy atom. The number of aliphatic hydroxyl groups excluding tert-OH is 4. The largest absolute Gasteiger partial charge is 0.395 e. The lowest BCUT2D eigenvalue weighted by Crippen LogP contribution is -2.55. The molecule has 2 fully saturated rings. The minimum atomic E-state index is -4.80. The number of nitrogens with one attached hydrogen (secondary N) is 2. The summed E-state index contributed by atoms with van der Waals surface area (Å²) >= 11 is 0. The first-order valence-corrected chi connectivity index (χ1v) is 24.7. The van der Waals surface area contributed by atoms with Gasteiger partial charge in [0.2, 0.25) is 23.8 Å². The maximum Gasteiger partial charge on any atom is 0.295 e. The molecule has 3 heterocycles. The summed E-state index contributed by atoms with van der Waals surface area (Å²) < 4.78 is 67.6. The molecule has 26 heteroatoms. The number of rotatable bonds is 20. The van der Waals surface area contributed by atoms with E-state index in [-0.39, 0.29) is 42.8 Å². The minimum absolute atomic E-state index is 0.00991. The number of hydrogen-bond acceptors (Lipinski definition) is 18. The van der Waals surface area contributed by atoms with E-state index in [0.717, 1.165) is 50.9 Å². The van der Waals surface area contributed by atoms with Gasteiger partial charge in [0.25, 0.3) is 20.2 Å². The van der Waals surface area contributed by atoms with Gasteiger partial charge in [0.15, 0.2) is 5.96 Å². The molecule has 1 aromatic heterocycles. The smallest absolute Gasteiger partial charge is 0.295 e. The van der Waals surface area contributed by atoms with Gasteiger partial charge >= 0.3 is 0 Å². The fourth-order valence-corrected chi connectivity index (χ4v) is 7.29. The van der Waals surface area contributed by atoms with Crippen molar-refractivity contribution in [2.75, 3.05) is 108 Å². The molecular formula is C42H72N14O10S2. The second-order valence-corrected chi connectivity index (χ2v) is 17.3. The zero-order valence-electron chi connectivity index (χ0n) is 39.8. The Labute approximate surface area is 400 Å². The van der Waals surface area contributed by atoms with Crippen LogP contribution in [0.4, 0.5) is 17.8 Å².